The van der Waals surface area contributed by atoms with E-state index >= 15 is 0 Å². The Hall–Kier alpha value is -2.29. The third-order valence-electron chi connectivity index (χ3n) is 5.02. The Morgan fingerprint density at radius 2 is 1.83 bits per heavy atom. The molecule has 2 N–H and O–H groups in total. The van der Waals surface area contributed by atoms with Crippen LogP contribution in [0.2, 0.25) is 0 Å². The van der Waals surface area contributed by atoms with Gasteiger partial charge >= 0.3 is 0 Å². The third kappa shape index (κ3) is 5.41. The highest BCUT2D eigenvalue weighted by atomic mass is 32.1. The van der Waals surface area contributed by atoms with Crippen LogP contribution < -0.4 is 10.6 Å². The molecule has 2 atom stereocenters. The van der Waals surface area contributed by atoms with Crippen LogP contribution >= 0.6 is 11.3 Å². The lowest BCUT2D eigenvalue weighted by molar-refractivity contribution is -0.117. The van der Waals surface area contributed by atoms with E-state index in [-0.39, 0.29) is 29.9 Å². The molecule has 1 saturated heterocycles. The maximum Gasteiger partial charge on any atom is 0.257 e. The molecule has 0 spiro atoms. The minimum absolute atomic E-state index is 0.0570. The predicted molar refractivity (Wildman–Crippen MR) is 113 cm³/mol. The summed E-state index contributed by atoms with van der Waals surface area (Å²) in [6.45, 7) is 6.68. The molecule has 8 heteroatoms. The fourth-order valence-corrected chi connectivity index (χ4v) is 4.24. The van der Waals surface area contributed by atoms with Crippen LogP contribution in [0.5, 0.6) is 0 Å². The first-order valence-corrected chi connectivity index (χ1v) is 10.9. The van der Waals surface area contributed by atoms with E-state index in [4.69, 9.17) is 4.74 Å². The first-order chi connectivity index (χ1) is 14.0. The number of hydrogen-bond donors (Lipinski definition) is 2. The molecular weight excluding hydrogens is 388 g/mol. The zero-order chi connectivity index (χ0) is 20.4. The normalized spacial score (nSPS) is 22.3. The molecule has 1 aromatic carbocycles. The summed E-state index contributed by atoms with van der Waals surface area (Å²) in [6, 6.07) is 6.93. The van der Waals surface area contributed by atoms with E-state index in [1.165, 1.54) is 11.3 Å². The molecule has 2 aliphatic rings. The van der Waals surface area contributed by atoms with Gasteiger partial charge in [-0.1, -0.05) is 0 Å². The Bertz CT molecular complexity index is 868. The fourth-order valence-electron chi connectivity index (χ4n) is 3.54. The average Bonchev–Trinajstić information content (AvgIpc) is 3.43. The van der Waals surface area contributed by atoms with E-state index in [2.05, 4.69) is 34.4 Å². The number of ether oxygens (including phenoxy) is 1. The van der Waals surface area contributed by atoms with Crippen LogP contribution in [0, 0.1) is 5.92 Å². The Morgan fingerprint density at radius 3 is 2.48 bits per heavy atom. The lowest BCUT2D eigenvalue weighted by Gasteiger charge is -2.34. The second kappa shape index (κ2) is 8.61. The summed E-state index contributed by atoms with van der Waals surface area (Å²) in [7, 11) is 0. The lowest BCUT2D eigenvalue weighted by atomic mass is 10.2. The van der Waals surface area contributed by atoms with Gasteiger partial charge in [0.05, 0.1) is 17.9 Å². The highest BCUT2D eigenvalue weighted by molar-refractivity contribution is 7.14. The molecule has 7 nitrogen and oxygen atoms in total. The number of nitrogens with one attached hydrogen (secondary N) is 2. The van der Waals surface area contributed by atoms with Gasteiger partial charge in [-0.25, -0.2) is 4.98 Å². The molecule has 1 aliphatic heterocycles. The Balaban J connectivity index is 1.31. The summed E-state index contributed by atoms with van der Waals surface area (Å²) in [6.07, 6.45) is 2.36. The smallest absolute Gasteiger partial charge is 0.257 e. The maximum absolute atomic E-state index is 12.5. The molecule has 1 aliphatic carbocycles. The SMILES string of the molecule is CC1CN(Cc2csc(NC(=O)c3ccc(NC(=O)C4CC4)cc3)n2)CC(C)O1. The van der Waals surface area contributed by atoms with Gasteiger partial charge in [0, 0.05) is 42.2 Å². The van der Waals surface area contributed by atoms with Gasteiger partial charge in [0.1, 0.15) is 0 Å². The summed E-state index contributed by atoms with van der Waals surface area (Å²) in [4.78, 5) is 31.2. The Labute approximate surface area is 174 Å². The minimum atomic E-state index is -0.209. The van der Waals surface area contributed by atoms with Gasteiger partial charge in [0.2, 0.25) is 5.91 Å². The van der Waals surface area contributed by atoms with Crippen LogP contribution in [-0.4, -0.2) is 47.0 Å². The van der Waals surface area contributed by atoms with Gasteiger partial charge in [0.15, 0.2) is 5.13 Å². The van der Waals surface area contributed by atoms with Crippen molar-refractivity contribution >= 4 is 34.0 Å². The second-order valence-electron chi connectivity index (χ2n) is 7.89. The highest BCUT2D eigenvalue weighted by Crippen LogP contribution is 2.30. The molecule has 2 heterocycles. The van der Waals surface area contributed by atoms with Crippen LogP contribution in [0.25, 0.3) is 0 Å². The van der Waals surface area contributed by atoms with E-state index in [0.717, 1.165) is 38.2 Å². The number of thiazole rings is 1. The summed E-state index contributed by atoms with van der Waals surface area (Å²) < 4.78 is 5.77. The monoisotopic (exact) mass is 414 g/mol. The number of carbonyl (C=O) groups is 2. The first-order valence-electron chi connectivity index (χ1n) is 10.0. The molecule has 154 valence electrons. The molecule has 1 aromatic heterocycles. The number of aromatic nitrogens is 1. The number of benzene rings is 1. The first kappa shape index (κ1) is 20.0. The molecule has 4 rings (SSSR count). The standard InChI is InChI=1S/C21H26N4O3S/c1-13-9-25(10-14(2)28-13)11-18-12-29-21(23-18)24-20(27)16-5-7-17(8-6-16)22-19(26)15-3-4-15/h5-8,12-15H,3-4,9-11H2,1-2H3,(H,22,26)(H,23,24,27). The Kier molecular flexibility index (Phi) is 5.94. The van der Waals surface area contributed by atoms with Gasteiger partial charge in [-0.15, -0.1) is 11.3 Å². The van der Waals surface area contributed by atoms with Crippen LogP contribution in [0.1, 0.15) is 42.7 Å². The van der Waals surface area contributed by atoms with Crippen molar-refractivity contribution in [3.05, 3.63) is 40.9 Å². The quantitative estimate of drug-likeness (QED) is 0.757. The fraction of sp³-hybridized carbons (Fsp3) is 0.476. The third-order valence-corrected chi connectivity index (χ3v) is 5.82. The van der Waals surface area contributed by atoms with Crippen LogP contribution in [0.15, 0.2) is 29.6 Å². The van der Waals surface area contributed by atoms with Gasteiger partial charge in [0.25, 0.3) is 5.91 Å². The number of nitrogens with zero attached hydrogens (tertiary/aromatic N) is 2. The van der Waals surface area contributed by atoms with Gasteiger partial charge in [-0.2, -0.15) is 0 Å². The van der Waals surface area contributed by atoms with Gasteiger partial charge < -0.3 is 10.1 Å². The van der Waals surface area contributed by atoms with E-state index < -0.39 is 0 Å². The van der Waals surface area contributed by atoms with E-state index in [0.29, 0.717) is 16.4 Å². The zero-order valence-electron chi connectivity index (χ0n) is 16.7. The van der Waals surface area contributed by atoms with E-state index in [1.807, 2.05) is 5.38 Å². The molecule has 2 aromatic rings. The molecule has 0 bridgehead atoms. The van der Waals surface area contributed by atoms with Crippen molar-refractivity contribution < 1.29 is 14.3 Å². The van der Waals surface area contributed by atoms with Crippen LogP contribution in [-0.2, 0) is 16.1 Å². The van der Waals surface area contributed by atoms with E-state index in [9.17, 15) is 9.59 Å². The lowest BCUT2D eigenvalue weighted by Crippen LogP contribution is -2.44. The summed E-state index contributed by atoms with van der Waals surface area (Å²) in [5.74, 6) is 0.00196. The molecule has 2 unspecified atom stereocenters. The average molecular weight is 415 g/mol. The largest absolute Gasteiger partial charge is 0.373 e. The van der Waals surface area contributed by atoms with Crippen molar-refractivity contribution in [2.75, 3.05) is 23.7 Å². The number of amides is 2. The van der Waals surface area contributed by atoms with Gasteiger partial charge in [-0.05, 0) is 51.0 Å². The molecule has 1 saturated carbocycles. The number of hydrogen-bond acceptors (Lipinski definition) is 6. The van der Waals surface area contributed by atoms with E-state index in [1.54, 1.807) is 24.3 Å². The topological polar surface area (TPSA) is 83.6 Å². The van der Waals surface area contributed by atoms with Crippen molar-refractivity contribution in [2.45, 2.75) is 45.4 Å². The zero-order valence-corrected chi connectivity index (χ0v) is 17.5. The van der Waals surface area contributed by atoms with Crippen molar-refractivity contribution in [3.63, 3.8) is 0 Å². The molecule has 29 heavy (non-hydrogen) atoms. The Morgan fingerprint density at radius 1 is 1.14 bits per heavy atom. The highest BCUT2D eigenvalue weighted by Gasteiger charge is 2.29. The van der Waals surface area contributed by atoms with Crippen molar-refractivity contribution in [1.29, 1.82) is 0 Å². The van der Waals surface area contributed by atoms with Gasteiger partial charge in [-0.3, -0.25) is 19.8 Å². The predicted octanol–water partition coefficient (Wildman–Crippen LogP) is 3.35. The van der Waals surface area contributed by atoms with Crippen molar-refractivity contribution in [2.24, 2.45) is 5.92 Å². The minimum Gasteiger partial charge on any atom is -0.373 e. The van der Waals surface area contributed by atoms with Crippen LogP contribution in [0.3, 0.4) is 0 Å². The summed E-state index contributed by atoms with van der Waals surface area (Å²) in [5.41, 5.74) is 2.19. The molecule has 2 amide bonds. The summed E-state index contributed by atoms with van der Waals surface area (Å²) in [5, 5.41) is 8.30. The second-order valence-corrected chi connectivity index (χ2v) is 8.75. The molecular formula is C21H26N4O3S. The van der Waals surface area contributed by atoms with Crippen molar-refractivity contribution in [1.82, 2.24) is 9.88 Å². The van der Waals surface area contributed by atoms with Crippen LogP contribution in [0.4, 0.5) is 10.8 Å². The maximum atomic E-state index is 12.5. The number of morpholine rings is 1. The summed E-state index contributed by atoms with van der Waals surface area (Å²) >= 11 is 1.43. The van der Waals surface area contributed by atoms with Crippen molar-refractivity contribution in [3.8, 4) is 0 Å². The number of carbonyl (C=O) groups excluding carboxylic acids is 2. The molecule has 2 fully saturated rings. The number of rotatable bonds is 6. The number of anilines is 2. The molecule has 0 radical (unpaired) electrons.